The molecule has 0 fully saturated rings. The summed E-state index contributed by atoms with van der Waals surface area (Å²) in [6, 6.07) is 15.6. The molecule has 0 radical (unpaired) electrons. The molecule has 150 valence electrons. The summed E-state index contributed by atoms with van der Waals surface area (Å²) in [5.41, 5.74) is 1.84. The molecule has 0 aliphatic carbocycles. The molecule has 29 heavy (non-hydrogen) atoms. The van der Waals surface area contributed by atoms with Crippen molar-refractivity contribution in [3.8, 4) is 0 Å². The van der Waals surface area contributed by atoms with Gasteiger partial charge in [-0.2, -0.15) is 5.10 Å². The van der Waals surface area contributed by atoms with Crippen molar-refractivity contribution in [1.29, 1.82) is 0 Å². The van der Waals surface area contributed by atoms with Gasteiger partial charge in [0.1, 0.15) is 16.5 Å². The van der Waals surface area contributed by atoms with E-state index >= 15 is 0 Å². The molecule has 3 rings (SSSR count). The molecule has 0 saturated heterocycles. The fourth-order valence-corrected chi connectivity index (χ4v) is 3.05. The topological polar surface area (TPSA) is 73.2 Å². The number of amides is 1. The van der Waals surface area contributed by atoms with Gasteiger partial charge in [0.05, 0.1) is 12.2 Å². The molecule has 0 atom stereocenters. The molecule has 3 aromatic rings. The number of halogens is 2. The average molecular weight is 416 g/mol. The van der Waals surface area contributed by atoms with Gasteiger partial charge in [-0.25, -0.2) is 13.9 Å². The first-order valence-electron chi connectivity index (χ1n) is 8.89. The summed E-state index contributed by atoms with van der Waals surface area (Å²) in [5, 5.41) is 6.93. The number of aryl methyl sites for hydroxylation is 1. The minimum absolute atomic E-state index is 0.00213. The Hall–Kier alpha value is -3.19. The molecule has 0 unspecified atom stereocenters. The first-order chi connectivity index (χ1) is 14.0. The maximum Gasteiger partial charge on any atom is 0.343 e. The van der Waals surface area contributed by atoms with Crippen LogP contribution in [-0.4, -0.2) is 28.3 Å². The first kappa shape index (κ1) is 20.5. The lowest BCUT2D eigenvalue weighted by atomic mass is 10.2. The van der Waals surface area contributed by atoms with Crippen molar-refractivity contribution in [2.75, 3.05) is 6.61 Å². The predicted octanol–water partition coefficient (Wildman–Crippen LogP) is 3.51. The molecular formula is C21H19ClFN3O3. The van der Waals surface area contributed by atoms with Crippen LogP contribution in [0.3, 0.4) is 0 Å². The van der Waals surface area contributed by atoms with Crippen LogP contribution in [0.25, 0.3) is 0 Å². The zero-order chi connectivity index (χ0) is 20.8. The van der Waals surface area contributed by atoms with Gasteiger partial charge in [-0.3, -0.25) is 4.79 Å². The smallest absolute Gasteiger partial charge is 0.343 e. The lowest BCUT2D eigenvalue weighted by Crippen LogP contribution is -2.28. The Bertz CT molecular complexity index is 1020. The van der Waals surface area contributed by atoms with E-state index in [1.807, 2.05) is 30.3 Å². The van der Waals surface area contributed by atoms with E-state index < -0.39 is 24.3 Å². The number of esters is 1. The Morgan fingerprint density at radius 3 is 2.55 bits per heavy atom. The summed E-state index contributed by atoms with van der Waals surface area (Å²) in [6.07, 6.45) is 0. The molecule has 1 aromatic heterocycles. The second-order valence-corrected chi connectivity index (χ2v) is 6.70. The molecule has 0 bridgehead atoms. The fraction of sp³-hybridized carbons (Fsp3) is 0.190. The number of hydrogen-bond acceptors (Lipinski definition) is 4. The van der Waals surface area contributed by atoms with Crippen molar-refractivity contribution in [2.24, 2.45) is 0 Å². The van der Waals surface area contributed by atoms with Crippen molar-refractivity contribution in [2.45, 2.75) is 20.0 Å². The summed E-state index contributed by atoms with van der Waals surface area (Å²) in [5.74, 6) is -1.71. The number of carbonyl (C=O) groups excluding carboxylic acids is 2. The summed E-state index contributed by atoms with van der Waals surface area (Å²) in [7, 11) is 0. The van der Waals surface area contributed by atoms with Crippen LogP contribution in [0.4, 0.5) is 4.39 Å². The average Bonchev–Trinajstić information content (AvgIpc) is 2.99. The van der Waals surface area contributed by atoms with E-state index in [9.17, 15) is 14.0 Å². The maximum absolute atomic E-state index is 13.6. The molecule has 0 saturated carbocycles. The Balaban J connectivity index is 1.58. The van der Waals surface area contributed by atoms with Gasteiger partial charge in [-0.1, -0.05) is 60.1 Å². The standard InChI is InChI=1S/C21H19ClFN3O3/c1-14-19(20(22)26(25-14)12-15-7-3-2-4-8-15)21(28)29-13-18(27)24-11-16-9-5-6-10-17(16)23/h2-10H,11-13H2,1H3,(H,24,27). The van der Waals surface area contributed by atoms with Gasteiger partial charge in [0, 0.05) is 12.1 Å². The van der Waals surface area contributed by atoms with Crippen LogP contribution < -0.4 is 5.32 Å². The van der Waals surface area contributed by atoms with Crippen molar-refractivity contribution >= 4 is 23.5 Å². The van der Waals surface area contributed by atoms with Crippen molar-refractivity contribution in [1.82, 2.24) is 15.1 Å². The predicted molar refractivity (Wildman–Crippen MR) is 106 cm³/mol. The molecule has 1 heterocycles. The van der Waals surface area contributed by atoms with Crippen molar-refractivity contribution < 1.29 is 18.7 Å². The number of nitrogens with zero attached hydrogens (tertiary/aromatic N) is 2. The van der Waals surface area contributed by atoms with Crippen LogP contribution in [0, 0.1) is 12.7 Å². The van der Waals surface area contributed by atoms with Gasteiger partial charge in [0.25, 0.3) is 5.91 Å². The second-order valence-electron chi connectivity index (χ2n) is 6.34. The fourth-order valence-electron chi connectivity index (χ4n) is 2.74. The van der Waals surface area contributed by atoms with Gasteiger partial charge >= 0.3 is 5.97 Å². The van der Waals surface area contributed by atoms with Crippen LogP contribution in [0.5, 0.6) is 0 Å². The Morgan fingerprint density at radius 2 is 1.83 bits per heavy atom. The number of benzene rings is 2. The lowest BCUT2D eigenvalue weighted by Gasteiger charge is -2.07. The lowest BCUT2D eigenvalue weighted by molar-refractivity contribution is -0.124. The van der Waals surface area contributed by atoms with Crippen LogP contribution in [0.2, 0.25) is 5.15 Å². The van der Waals surface area contributed by atoms with Gasteiger partial charge < -0.3 is 10.1 Å². The number of nitrogens with one attached hydrogen (secondary N) is 1. The number of carbonyl (C=O) groups is 2. The molecule has 6 nitrogen and oxygen atoms in total. The quantitative estimate of drug-likeness (QED) is 0.599. The number of hydrogen-bond donors (Lipinski definition) is 1. The molecule has 0 aliphatic heterocycles. The Morgan fingerprint density at radius 1 is 1.14 bits per heavy atom. The number of aromatic nitrogens is 2. The van der Waals surface area contributed by atoms with Gasteiger partial charge in [-0.05, 0) is 18.6 Å². The van der Waals surface area contributed by atoms with Crippen molar-refractivity contribution in [3.05, 3.63) is 88.0 Å². The molecular weight excluding hydrogens is 397 g/mol. The number of ether oxygens (including phenoxy) is 1. The van der Waals surface area contributed by atoms with E-state index in [-0.39, 0.29) is 17.3 Å². The third kappa shape index (κ3) is 5.20. The Labute approximate surface area is 172 Å². The van der Waals surface area contributed by atoms with E-state index in [1.165, 1.54) is 10.7 Å². The van der Waals surface area contributed by atoms with E-state index in [0.717, 1.165) is 5.56 Å². The minimum Gasteiger partial charge on any atom is -0.452 e. The highest BCUT2D eigenvalue weighted by Crippen LogP contribution is 2.22. The SMILES string of the molecule is Cc1nn(Cc2ccccc2)c(Cl)c1C(=O)OCC(=O)NCc1ccccc1F. The van der Waals surface area contributed by atoms with E-state index in [0.29, 0.717) is 17.8 Å². The minimum atomic E-state index is -0.743. The third-order valence-electron chi connectivity index (χ3n) is 4.21. The third-order valence-corrected chi connectivity index (χ3v) is 4.60. The zero-order valence-electron chi connectivity index (χ0n) is 15.7. The van der Waals surface area contributed by atoms with Crippen LogP contribution in [-0.2, 0) is 22.6 Å². The van der Waals surface area contributed by atoms with Crippen molar-refractivity contribution in [3.63, 3.8) is 0 Å². The monoisotopic (exact) mass is 415 g/mol. The zero-order valence-corrected chi connectivity index (χ0v) is 16.4. The molecule has 1 N–H and O–H groups in total. The maximum atomic E-state index is 13.6. The summed E-state index contributed by atoms with van der Waals surface area (Å²) < 4.78 is 20.1. The molecule has 0 aliphatic rings. The second kappa shape index (κ2) is 9.34. The van der Waals surface area contributed by atoms with E-state index in [2.05, 4.69) is 10.4 Å². The van der Waals surface area contributed by atoms with Crippen LogP contribution >= 0.6 is 11.6 Å². The van der Waals surface area contributed by atoms with E-state index in [4.69, 9.17) is 16.3 Å². The highest BCUT2D eigenvalue weighted by Gasteiger charge is 2.22. The molecule has 0 spiro atoms. The number of rotatable bonds is 7. The van der Waals surface area contributed by atoms with Crippen LogP contribution in [0.1, 0.15) is 27.2 Å². The summed E-state index contributed by atoms with van der Waals surface area (Å²) in [6.45, 7) is 1.53. The van der Waals surface area contributed by atoms with Gasteiger partial charge in [0.15, 0.2) is 6.61 Å². The summed E-state index contributed by atoms with van der Waals surface area (Å²) in [4.78, 5) is 24.3. The largest absolute Gasteiger partial charge is 0.452 e. The molecule has 8 heteroatoms. The van der Waals surface area contributed by atoms with Gasteiger partial charge in [-0.15, -0.1) is 0 Å². The highest BCUT2D eigenvalue weighted by atomic mass is 35.5. The first-order valence-corrected chi connectivity index (χ1v) is 9.27. The van der Waals surface area contributed by atoms with Crippen LogP contribution in [0.15, 0.2) is 54.6 Å². The molecule has 1 amide bonds. The van der Waals surface area contributed by atoms with Gasteiger partial charge in [0.2, 0.25) is 0 Å². The van der Waals surface area contributed by atoms with E-state index in [1.54, 1.807) is 25.1 Å². The summed E-state index contributed by atoms with van der Waals surface area (Å²) >= 11 is 6.31. The Kier molecular flexibility index (Phi) is 6.61. The highest BCUT2D eigenvalue weighted by molar-refractivity contribution is 6.32. The molecule has 2 aromatic carbocycles. The normalized spacial score (nSPS) is 10.6.